The van der Waals surface area contributed by atoms with Crippen LogP contribution in [-0.4, -0.2) is 16.6 Å². The molecule has 162 valence electrons. The van der Waals surface area contributed by atoms with Crippen molar-refractivity contribution in [3.05, 3.63) is 70.8 Å². The van der Waals surface area contributed by atoms with Crippen molar-refractivity contribution in [1.29, 1.82) is 0 Å². The van der Waals surface area contributed by atoms with Gasteiger partial charge in [0.1, 0.15) is 0 Å². The Labute approximate surface area is 191 Å². The van der Waals surface area contributed by atoms with Crippen molar-refractivity contribution in [1.82, 2.24) is 5.43 Å². The second-order valence-electron chi connectivity index (χ2n) is 7.34. The minimum Gasteiger partial charge on any atom is -0.289 e. The van der Waals surface area contributed by atoms with Crippen LogP contribution in [0.2, 0.25) is 0 Å². The average Bonchev–Trinajstić information content (AvgIpc) is 2.66. The summed E-state index contributed by atoms with van der Waals surface area (Å²) < 4.78 is 0. The van der Waals surface area contributed by atoms with Crippen molar-refractivity contribution in [2.24, 2.45) is 5.84 Å². The van der Waals surface area contributed by atoms with Gasteiger partial charge < -0.3 is 0 Å². The summed E-state index contributed by atoms with van der Waals surface area (Å²) in [5.74, 6) is 4.88. The highest BCUT2D eigenvalue weighted by Crippen LogP contribution is 2.17. The largest absolute Gasteiger partial charge is 0.289 e. The Kier molecular flexibility index (Phi) is 14.9. The molecule has 0 aromatic heterocycles. The number of nitrogens with two attached hydrogens (primary N) is 1. The van der Waals surface area contributed by atoms with Crippen LogP contribution >= 0.6 is 36.4 Å². The first-order chi connectivity index (χ1) is 12.7. The molecule has 0 heterocycles. The summed E-state index contributed by atoms with van der Waals surface area (Å²) in [4.78, 5) is 23.9. The third-order valence-electron chi connectivity index (χ3n) is 3.85. The predicted octanol–water partition coefficient (Wildman–Crippen LogP) is 5.73. The molecule has 2 aromatic carbocycles. The lowest BCUT2D eigenvalue weighted by Gasteiger charge is -2.14. The number of benzene rings is 2. The lowest BCUT2D eigenvalue weighted by atomic mass is 9.97. The molecule has 0 radical (unpaired) electrons. The predicted molar refractivity (Wildman–Crippen MR) is 127 cm³/mol. The van der Waals surface area contributed by atoms with Gasteiger partial charge in [0, 0.05) is 22.2 Å². The fraction of sp³-hybridized carbons (Fsp3) is 0.364. The summed E-state index contributed by atoms with van der Waals surface area (Å²) in [6.07, 6.45) is 3.30. The molecular formula is C22H31Cl3N2O2. The summed E-state index contributed by atoms with van der Waals surface area (Å²) in [6.45, 7) is 8.17. The maximum absolute atomic E-state index is 12.5. The molecule has 0 unspecified atom stereocenters. The second kappa shape index (κ2) is 14.5. The number of nitrogens with one attached hydrogen (secondary N) is 1. The number of aryl methyl sites for hydroxylation is 1. The maximum Gasteiger partial charge on any atom is 0.253 e. The lowest BCUT2D eigenvalue weighted by molar-refractivity contribution is 0.102. The smallest absolute Gasteiger partial charge is 0.253 e. The highest BCUT2D eigenvalue weighted by Gasteiger charge is 2.16. The third kappa shape index (κ3) is 10.8. The van der Waals surface area contributed by atoms with Crippen LogP contribution in [0.1, 0.15) is 72.4 Å². The van der Waals surface area contributed by atoms with E-state index in [1.54, 1.807) is 24.3 Å². The summed E-state index contributed by atoms with van der Waals surface area (Å²) in [7, 11) is 0. The molecule has 0 spiro atoms. The standard InChI is InChI=1S/C18H17ClO2.C4H12N2.2ClH/c1-2-3-6-13-9-11-14(12-10-13)17(20)15-7-4-5-8-16(15)18(19)21;1-4(2,3)6-5;;/h4-5,7-12H,2-3,6H2,1H3;6H,5H2,1-3H3;2*1H. The van der Waals surface area contributed by atoms with Gasteiger partial charge in [-0.05, 0) is 56.8 Å². The summed E-state index contributed by atoms with van der Waals surface area (Å²) in [6, 6.07) is 14.2. The van der Waals surface area contributed by atoms with E-state index in [0.717, 1.165) is 19.3 Å². The Morgan fingerprint density at radius 2 is 1.45 bits per heavy atom. The molecule has 0 amide bonds. The molecule has 7 heteroatoms. The number of halogens is 3. The average molecular weight is 462 g/mol. The molecule has 0 fully saturated rings. The quantitative estimate of drug-likeness (QED) is 0.249. The molecule has 2 aromatic rings. The van der Waals surface area contributed by atoms with Crippen molar-refractivity contribution >= 4 is 47.4 Å². The maximum atomic E-state index is 12.5. The lowest BCUT2D eigenvalue weighted by Crippen LogP contribution is -2.41. The normalized spacial score (nSPS) is 10.0. The Morgan fingerprint density at radius 1 is 0.966 bits per heavy atom. The Morgan fingerprint density at radius 3 is 1.86 bits per heavy atom. The molecule has 2 rings (SSSR count). The van der Waals surface area contributed by atoms with Gasteiger partial charge >= 0.3 is 0 Å². The minimum atomic E-state index is -0.612. The minimum absolute atomic E-state index is 0. The molecular weight excluding hydrogens is 431 g/mol. The Balaban J connectivity index is 0. The zero-order valence-electron chi connectivity index (χ0n) is 17.3. The van der Waals surface area contributed by atoms with E-state index >= 15 is 0 Å². The molecule has 0 aliphatic carbocycles. The van der Waals surface area contributed by atoms with E-state index in [0.29, 0.717) is 11.1 Å². The molecule has 0 saturated carbocycles. The van der Waals surface area contributed by atoms with Crippen LogP contribution in [0.5, 0.6) is 0 Å². The second-order valence-corrected chi connectivity index (χ2v) is 7.69. The molecule has 3 N–H and O–H groups in total. The van der Waals surface area contributed by atoms with E-state index < -0.39 is 5.24 Å². The van der Waals surface area contributed by atoms with Crippen LogP contribution in [-0.2, 0) is 6.42 Å². The van der Waals surface area contributed by atoms with Crippen LogP contribution < -0.4 is 11.3 Å². The van der Waals surface area contributed by atoms with Gasteiger partial charge in [-0.15, -0.1) is 24.8 Å². The first kappa shape index (κ1) is 29.8. The zero-order chi connectivity index (χ0) is 20.4. The van der Waals surface area contributed by atoms with E-state index in [-0.39, 0.29) is 41.7 Å². The molecule has 0 aliphatic rings. The number of carbonyl (C=O) groups is 2. The molecule has 0 saturated heterocycles. The van der Waals surface area contributed by atoms with Crippen molar-refractivity contribution in [2.45, 2.75) is 52.5 Å². The molecule has 0 atom stereocenters. The van der Waals surface area contributed by atoms with E-state index in [1.165, 1.54) is 5.56 Å². The van der Waals surface area contributed by atoms with Crippen LogP contribution in [0.3, 0.4) is 0 Å². The van der Waals surface area contributed by atoms with Gasteiger partial charge in [0.15, 0.2) is 5.78 Å². The van der Waals surface area contributed by atoms with Crippen molar-refractivity contribution in [3.63, 3.8) is 0 Å². The van der Waals surface area contributed by atoms with Crippen molar-refractivity contribution in [3.8, 4) is 0 Å². The van der Waals surface area contributed by atoms with Crippen LogP contribution in [0.25, 0.3) is 0 Å². The monoisotopic (exact) mass is 460 g/mol. The van der Waals surface area contributed by atoms with Gasteiger partial charge in [0.05, 0.1) is 0 Å². The number of ketones is 1. The van der Waals surface area contributed by atoms with Crippen LogP contribution in [0, 0.1) is 0 Å². The number of hydrazine groups is 1. The number of carbonyl (C=O) groups excluding carboxylic acids is 2. The Hall–Kier alpha value is -1.43. The van der Waals surface area contributed by atoms with Gasteiger partial charge in [0.2, 0.25) is 0 Å². The molecule has 4 nitrogen and oxygen atoms in total. The summed E-state index contributed by atoms with van der Waals surface area (Å²) >= 11 is 5.53. The highest BCUT2D eigenvalue weighted by atomic mass is 35.5. The first-order valence-electron chi connectivity index (χ1n) is 9.10. The number of hydrogen-bond donors (Lipinski definition) is 2. The fourth-order valence-electron chi connectivity index (χ4n) is 2.21. The van der Waals surface area contributed by atoms with Gasteiger partial charge in [-0.1, -0.05) is 55.8 Å². The van der Waals surface area contributed by atoms with Gasteiger partial charge in [-0.25, -0.2) is 0 Å². The first-order valence-corrected chi connectivity index (χ1v) is 9.47. The van der Waals surface area contributed by atoms with Gasteiger partial charge in [-0.2, -0.15) is 0 Å². The van der Waals surface area contributed by atoms with Crippen LogP contribution in [0.4, 0.5) is 0 Å². The Bertz CT molecular complexity index is 757. The van der Waals surface area contributed by atoms with E-state index in [2.05, 4.69) is 12.3 Å². The van der Waals surface area contributed by atoms with Crippen molar-refractivity contribution in [2.75, 3.05) is 0 Å². The number of unbranched alkanes of at least 4 members (excludes halogenated alkanes) is 1. The highest BCUT2D eigenvalue weighted by molar-refractivity contribution is 6.68. The van der Waals surface area contributed by atoms with Crippen LogP contribution in [0.15, 0.2) is 48.5 Å². The summed E-state index contributed by atoms with van der Waals surface area (Å²) in [5.41, 5.74) is 5.06. The fourth-order valence-corrected chi connectivity index (χ4v) is 2.38. The molecule has 0 aliphatic heterocycles. The van der Waals surface area contributed by atoms with Gasteiger partial charge in [-0.3, -0.25) is 20.9 Å². The van der Waals surface area contributed by atoms with E-state index in [9.17, 15) is 9.59 Å². The zero-order valence-corrected chi connectivity index (χ0v) is 19.7. The number of rotatable bonds is 6. The topological polar surface area (TPSA) is 72.2 Å². The molecule has 29 heavy (non-hydrogen) atoms. The summed E-state index contributed by atoms with van der Waals surface area (Å²) in [5, 5.41) is -0.612. The van der Waals surface area contributed by atoms with E-state index in [1.807, 2.05) is 45.0 Å². The molecule has 0 bridgehead atoms. The SMILES string of the molecule is CC(C)(C)NN.CCCCc1ccc(C(=O)c2ccccc2C(=O)Cl)cc1.Cl.Cl. The third-order valence-corrected chi connectivity index (χ3v) is 4.06. The number of hydrogen-bond acceptors (Lipinski definition) is 4. The van der Waals surface area contributed by atoms with Gasteiger partial charge in [0.25, 0.3) is 5.24 Å². The van der Waals surface area contributed by atoms with Crippen molar-refractivity contribution < 1.29 is 9.59 Å². The van der Waals surface area contributed by atoms with E-state index in [4.69, 9.17) is 17.4 Å².